The largest absolute Gasteiger partial charge is 0.508 e. The lowest BCUT2D eigenvalue weighted by Gasteiger charge is -2.34. The number of carbonyl (C=O) groups excluding carboxylic acids is 1. The molecule has 1 aromatic rings. The van der Waals surface area contributed by atoms with E-state index in [4.69, 9.17) is 4.74 Å². The molecule has 6 nitrogen and oxygen atoms in total. The maximum Gasteiger partial charge on any atom is 0.410 e. The molecule has 0 saturated carbocycles. The van der Waals surface area contributed by atoms with Crippen molar-refractivity contribution in [2.75, 3.05) is 13.1 Å². The molecule has 6 heteroatoms. The number of aromatic nitrogens is 1. The maximum atomic E-state index is 12.0. The predicted molar refractivity (Wildman–Crippen MR) is 78.4 cm³/mol. The van der Waals surface area contributed by atoms with Crippen molar-refractivity contribution in [1.29, 1.82) is 0 Å². The molecule has 1 fully saturated rings. The molecule has 0 bridgehead atoms. The van der Waals surface area contributed by atoms with Crippen molar-refractivity contribution in [2.24, 2.45) is 0 Å². The maximum absolute atomic E-state index is 12.0. The van der Waals surface area contributed by atoms with Gasteiger partial charge in [-0.2, -0.15) is 0 Å². The summed E-state index contributed by atoms with van der Waals surface area (Å²) in [5.41, 5.74) is -0.715. The normalized spacial score (nSPS) is 16.8. The highest BCUT2D eigenvalue weighted by atomic mass is 16.6. The highest BCUT2D eigenvalue weighted by Crippen LogP contribution is 2.23. The zero-order valence-corrected chi connectivity index (χ0v) is 12.7. The molecule has 2 rings (SSSR count). The van der Waals surface area contributed by atoms with Gasteiger partial charge in [-0.25, -0.2) is 4.79 Å². The van der Waals surface area contributed by atoms with E-state index in [1.165, 1.54) is 12.1 Å². The summed E-state index contributed by atoms with van der Waals surface area (Å²) in [6.45, 7) is 6.65. The first-order chi connectivity index (χ1) is 9.76. The van der Waals surface area contributed by atoms with E-state index < -0.39 is 5.60 Å². The lowest BCUT2D eigenvalue weighted by Crippen LogP contribution is -2.43. The zero-order chi connectivity index (χ0) is 15.6. The van der Waals surface area contributed by atoms with Crippen molar-refractivity contribution in [1.82, 2.24) is 9.47 Å². The van der Waals surface area contributed by atoms with Crippen LogP contribution in [0, 0.1) is 0 Å². The average Bonchev–Trinajstić information content (AvgIpc) is 2.37. The highest BCUT2D eigenvalue weighted by molar-refractivity contribution is 5.68. The van der Waals surface area contributed by atoms with Crippen molar-refractivity contribution < 1.29 is 14.6 Å². The van der Waals surface area contributed by atoms with Crippen LogP contribution in [0.25, 0.3) is 0 Å². The van der Waals surface area contributed by atoms with Gasteiger partial charge in [0, 0.05) is 31.4 Å². The van der Waals surface area contributed by atoms with Crippen LogP contribution in [0.2, 0.25) is 0 Å². The molecule has 1 aromatic heterocycles. The summed E-state index contributed by atoms with van der Waals surface area (Å²) in [4.78, 5) is 25.5. The molecule has 116 valence electrons. The lowest BCUT2D eigenvalue weighted by atomic mass is 10.0. The second kappa shape index (κ2) is 5.79. The molecular formula is C15H22N2O4. The van der Waals surface area contributed by atoms with Crippen molar-refractivity contribution >= 4 is 6.09 Å². The number of piperidine rings is 1. The molecule has 1 amide bonds. The fourth-order valence-electron chi connectivity index (χ4n) is 2.43. The molecule has 1 aliphatic heterocycles. The van der Waals surface area contributed by atoms with E-state index in [-0.39, 0.29) is 23.4 Å². The van der Waals surface area contributed by atoms with Crippen molar-refractivity contribution in [2.45, 2.75) is 45.3 Å². The van der Waals surface area contributed by atoms with Crippen LogP contribution in [0.5, 0.6) is 5.75 Å². The van der Waals surface area contributed by atoms with E-state index in [0.717, 1.165) is 0 Å². The second-order valence-corrected chi connectivity index (χ2v) is 6.33. The van der Waals surface area contributed by atoms with Crippen LogP contribution >= 0.6 is 0 Å². The third-order valence-corrected chi connectivity index (χ3v) is 3.44. The molecule has 0 atom stereocenters. The Bertz CT molecular complexity index is 566. The van der Waals surface area contributed by atoms with Crippen LogP contribution in [0.1, 0.15) is 39.7 Å². The Kier molecular flexibility index (Phi) is 4.25. The summed E-state index contributed by atoms with van der Waals surface area (Å²) in [5, 5.41) is 9.28. The van der Waals surface area contributed by atoms with Gasteiger partial charge in [-0.05, 0) is 39.7 Å². The summed E-state index contributed by atoms with van der Waals surface area (Å²) < 4.78 is 6.96. The highest BCUT2D eigenvalue weighted by Gasteiger charge is 2.27. The molecule has 0 unspecified atom stereocenters. The van der Waals surface area contributed by atoms with E-state index in [2.05, 4.69) is 0 Å². The van der Waals surface area contributed by atoms with Gasteiger partial charge >= 0.3 is 6.09 Å². The Labute approximate surface area is 123 Å². The first-order valence-electron chi connectivity index (χ1n) is 7.15. The Morgan fingerprint density at radius 1 is 1.33 bits per heavy atom. The fraction of sp³-hybridized carbons (Fsp3) is 0.600. The van der Waals surface area contributed by atoms with Gasteiger partial charge in [-0.3, -0.25) is 4.79 Å². The van der Waals surface area contributed by atoms with Crippen molar-refractivity contribution in [3.8, 4) is 5.75 Å². The Hall–Kier alpha value is -1.98. The average molecular weight is 294 g/mol. The molecule has 1 N–H and O–H groups in total. The SMILES string of the molecule is CC(C)(C)OC(=O)N1CCC(n2ccc(O)cc2=O)CC1. The lowest BCUT2D eigenvalue weighted by molar-refractivity contribution is 0.0187. The van der Waals surface area contributed by atoms with Crippen LogP contribution in [-0.4, -0.2) is 39.4 Å². The van der Waals surface area contributed by atoms with E-state index in [1.807, 2.05) is 20.8 Å². The number of carbonyl (C=O) groups is 1. The number of amides is 1. The minimum atomic E-state index is -0.498. The second-order valence-electron chi connectivity index (χ2n) is 6.33. The number of pyridine rings is 1. The molecule has 0 spiro atoms. The number of rotatable bonds is 1. The third kappa shape index (κ3) is 4.00. The topological polar surface area (TPSA) is 71.8 Å². The van der Waals surface area contributed by atoms with E-state index in [1.54, 1.807) is 15.7 Å². The number of hydrogen-bond donors (Lipinski definition) is 1. The van der Waals surface area contributed by atoms with Gasteiger partial charge in [0.15, 0.2) is 0 Å². The number of ether oxygens (including phenoxy) is 1. The van der Waals surface area contributed by atoms with Crippen molar-refractivity contribution in [3.05, 3.63) is 28.7 Å². The minimum absolute atomic E-state index is 0.0255. The van der Waals surface area contributed by atoms with Crippen LogP contribution in [0.3, 0.4) is 0 Å². The van der Waals surface area contributed by atoms with Crippen LogP contribution in [-0.2, 0) is 4.74 Å². The van der Waals surface area contributed by atoms with Crippen LogP contribution in [0.15, 0.2) is 23.1 Å². The van der Waals surface area contributed by atoms with Gasteiger partial charge in [0.2, 0.25) is 0 Å². The zero-order valence-electron chi connectivity index (χ0n) is 12.7. The fourth-order valence-corrected chi connectivity index (χ4v) is 2.43. The van der Waals surface area contributed by atoms with Gasteiger partial charge < -0.3 is 19.3 Å². The molecule has 0 radical (unpaired) electrons. The molecule has 1 saturated heterocycles. The van der Waals surface area contributed by atoms with Gasteiger partial charge in [0.25, 0.3) is 5.56 Å². The minimum Gasteiger partial charge on any atom is -0.508 e. The monoisotopic (exact) mass is 294 g/mol. The Morgan fingerprint density at radius 3 is 2.48 bits per heavy atom. The molecule has 0 aromatic carbocycles. The molecule has 21 heavy (non-hydrogen) atoms. The summed E-state index contributed by atoms with van der Waals surface area (Å²) in [6, 6.07) is 2.76. The first kappa shape index (κ1) is 15.4. The van der Waals surface area contributed by atoms with Crippen molar-refractivity contribution in [3.63, 3.8) is 0 Å². The quantitative estimate of drug-likeness (QED) is 0.861. The third-order valence-electron chi connectivity index (χ3n) is 3.44. The van der Waals surface area contributed by atoms with Gasteiger partial charge in [-0.1, -0.05) is 0 Å². The summed E-state index contributed by atoms with van der Waals surface area (Å²) in [6.07, 6.45) is 2.69. The van der Waals surface area contributed by atoms with Gasteiger partial charge in [0.05, 0.1) is 0 Å². The van der Waals surface area contributed by atoms with Crippen LogP contribution in [0.4, 0.5) is 4.79 Å². The molecule has 2 heterocycles. The van der Waals surface area contributed by atoms with E-state index in [9.17, 15) is 14.7 Å². The smallest absolute Gasteiger partial charge is 0.410 e. The molecule has 1 aliphatic rings. The molecule has 0 aliphatic carbocycles. The molecular weight excluding hydrogens is 272 g/mol. The van der Waals surface area contributed by atoms with Gasteiger partial charge in [-0.15, -0.1) is 0 Å². The number of aromatic hydroxyl groups is 1. The first-order valence-corrected chi connectivity index (χ1v) is 7.15. The van der Waals surface area contributed by atoms with E-state index in [0.29, 0.717) is 25.9 Å². The van der Waals surface area contributed by atoms with Crippen LogP contribution < -0.4 is 5.56 Å². The Morgan fingerprint density at radius 2 is 1.95 bits per heavy atom. The summed E-state index contributed by atoms with van der Waals surface area (Å²) >= 11 is 0. The van der Waals surface area contributed by atoms with Gasteiger partial charge in [0.1, 0.15) is 11.4 Å². The predicted octanol–water partition coefficient (Wildman–Crippen LogP) is 2.13. The standard InChI is InChI=1S/C15H22N2O4/c1-15(2,3)21-14(20)16-7-4-11(5-8-16)17-9-6-12(18)10-13(17)19/h6,9-11,18H,4-5,7-8H2,1-3H3. The summed E-state index contributed by atoms with van der Waals surface area (Å²) in [5.74, 6) is -0.0255. The van der Waals surface area contributed by atoms with E-state index >= 15 is 0 Å². The number of likely N-dealkylation sites (tertiary alicyclic amines) is 1. The number of nitrogens with zero attached hydrogens (tertiary/aromatic N) is 2. The summed E-state index contributed by atoms with van der Waals surface area (Å²) in [7, 11) is 0. The Balaban J connectivity index is 1.97. The number of hydrogen-bond acceptors (Lipinski definition) is 4.